The fourth-order valence-corrected chi connectivity index (χ4v) is 1.25. The zero-order chi connectivity index (χ0) is 11.4. The van der Waals surface area contributed by atoms with Gasteiger partial charge in [-0.25, -0.2) is 4.98 Å². The van der Waals surface area contributed by atoms with Crippen LogP contribution in [0.5, 0.6) is 0 Å². The van der Waals surface area contributed by atoms with Crippen LogP contribution in [0.2, 0.25) is 0 Å². The molecule has 1 N–H and O–H groups in total. The van der Waals surface area contributed by atoms with E-state index in [9.17, 15) is 4.79 Å². The molecule has 1 aromatic heterocycles. The smallest absolute Gasteiger partial charge is 0.217 e. The van der Waals surface area contributed by atoms with Crippen LogP contribution in [0.3, 0.4) is 0 Å². The van der Waals surface area contributed by atoms with Gasteiger partial charge in [-0.3, -0.25) is 4.79 Å². The van der Waals surface area contributed by atoms with E-state index in [2.05, 4.69) is 22.1 Å². The van der Waals surface area contributed by atoms with E-state index >= 15 is 0 Å². The van der Waals surface area contributed by atoms with Crippen LogP contribution in [-0.4, -0.2) is 17.4 Å². The van der Waals surface area contributed by atoms with Crippen LogP contribution < -0.4 is 5.32 Å². The average molecular weight is 214 g/mol. The lowest BCUT2D eigenvalue weighted by Crippen LogP contribution is -2.19. The first-order valence-electron chi connectivity index (χ1n) is 4.82. The molecule has 0 fully saturated rings. The Morgan fingerprint density at radius 2 is 2.44 bits per heavy atom. The second-order valence-corrected chi connectivity index (χ2v) is 3.25. The number of amides is 1. The van der Waals surface area contributed by atoms with Gasteiger partial charge in [0.05, 0.1) is 6.54 Å². The third-order valence-electron chi connectivity index (χ3n) is 1.99. The van der Waals surface area contributed by atoms with Crippen LogP contribution in [0.4, 0.5) is 0 Å². The third kappa shape index (κ3) is 2.39. The maximum absolute atomic E-state index is 10.6. The Morgan fingerprint density at radius 3 is 3.25 bits per heavy atom. The molecule has 0 saturated carbocycles. The molecule has 0 radical (unpaired) electrons. The van der Waals surface area contributed by atoms with Crippen molar-refractivity contribution in [3.63, 3.8) is 0 Å². The fraction of sp³-hybridized carbons (Fsp3) is 0.167. The molecular formula is C12H10N2O2. The number of nitrogens with one attached hydrogen (secondary N) is 1. The summed E-state index contributed by atoms with van der Waals surface area (Å²) < 4.78 is 5.11. The number of benzene rings is 1. The molecule has 0 spiro atoms. The molecule has 0 aliphatic rings. The standard InChI is InChI=1S/C12H10N2O2/c1-9(15)13-6-2-3-10-4-5-12-11(7-10)14-8-16-12/h4-5,7-8H,6H2,1H3,(H,13,15). The largest absolute Gasteiger partial charge is 0.443 e. The maximum atomic E-state index is 10.6. The molecule has 80 valence electrons. The van der Waals surface area contributed by atoms with Gasteiger partial charge in [0.1, 0.15) is 5.52 Å². The molecule has 2 rings (SSSR count). The molecule has 0 bridgehead atoms. The van der Waals surface area contributed by atoms with E-state index < -0.39 is 0 Å². The van der Waals surface area contributed by atoms with E-state index in [1.165, 1.54) is 13.3 Å². The van der Waals surface area contributed by atoms with Gasteiger partial charge in [-0.2, -0.15) is 0 Å². The van der Waals surface area contributed by atoms with Gasteiger partial charge in [-0.05, 0) is 18.2 Å². The Kier molecular flexibility index (Phi) is 2.88. The monoisotopic (exact) mass is 214 g/mol. The molecule has 0 saturated heterocycles. The number of carbonyl (C=O) groups is 1. The first-order chi connectivity index (χ1) is 7.75. The Hall–Kier alpha value is -2.28. The lowest BCUT2D eigenvalue weighted by Gasteiger charge is -1.92. The lowest BCUT2D eigenvalue weighted by molar-refractivity contribution is -0.118. The van der Waals surface area contributed by atoms with Crippen LogP contribution >= 0.6 is 0 Å². The zero-order valence-corrected chi connectivity index (χ0v) is 8.78. The molecule has 1 heterocycles. The van der Waals surface area contributed by atoms with E-state index in [4.69, 9.17) is 4.42 Å². The Bertz CT molecular complexity index is 575. The predicted octanol–water partition coefficient (Wildman–Crippen LogP) is 1.32. The lowest BCUT2D eigenvalue weighted by atomic mass is 10.2. The summed E-state index contributed by atoms with van der Waals surface area (Å²) in [5.74, 6) is 5.70. The van der Waals surface area contributed by atoms with Crippen LogP contribution in [0.25, 0.3) is 11.1 Å². The van der Waals surface area contributed by atoms with Crippen molar-refractivity contribution in [2.75, 3.05) is 6.54 Å². The minimum Gasteiger partial charge on any atom is -0.443 e. The summed E-state index contributed by atoms with van der Waals surface area (Å²) in [5, 5.41) is 2.60. The minimum atomic E-state index is -0.0822. The van der Waals surface area contributed by atoms with Crippen molar-refractivity contribution in [1.29, 1.82) is 0 Å². The Balaban J connectivity index is 2.11. The molecule has 2 aromatic rings. The van der Waals surface area contributed by atoms with Crippen LogP contribution in [0, 0.1) is 11.8 Å². The molecular weight excluding hydrogens is 204 g/mol. The van der Waals surface area contributed by atoms with Crippen LogP contribution in [0.15, 0.2) is 29.0 Å². The zero-order valence-electron chi connectivity index (χ0n) is 8.78. The van der Waals surface area contributed by atoms with Gasteiger partial charge in [0.2, 0.25) is 5.91 Å². The summed E-state index contributed by atoms with van der Waals surface area (Å²) in [6.07, 6.45) is 1.40. The normalized spacial score (nSPS) is 9.56. The number of carbonyl (C=O) groups excluding carboxylic acids is 1. The number of aromatic nitrogens is 1. The highest BCUT2D eigenvalue weighted by Crippen LogP contribution is 2.13. The quantitative estimate of drug-likeness (QED) is 0.728. The number of hydrogen-bond donors (Lipinski definition) is 1. The molecule has 4 heteroatoms. The first-order valence-corrected chi connectivity index (χ1v) is 4.82. The summed E-state index contributed by atoms with van der Waals surface area (Å²) >= 11 is 0. The average Bonchev–Trinajstić information content (AvgIpc) is 2.71. The molecule has 0 aliphatic carbocycles. The summed E-state index contributed by atoms with van der Waals surface area (Å²) in [6.45, 7) is 1.81. The molecule has 4 nitrogen and oxygen atoms in total. The molecule has 1 amide bonds. The number of nitrogens with zero attached hydrogens (tertiary/aromatic N) is 1. The first kappa shape index (κ1) is 10.2. The van der Waals surface area contributed by atoms with Gasteiger partial charge in [-0.1, -0.05) is 11.8 Å². The van der Waals surface area contributed by atoms with Gasteiger partial charge >= 0.3 is 0 Å². The third-order valence-corrected chi connectivity index (χ3v) is 1.99. The second-order valence-electron chi connectivity index (χ2n) is 3.25. The number of oxazole rings is 1. The SMILES string of the molecule is CC(=O)NCC#Cc1ccc2ocnc2c1. The number of hydrogen-bond acceptors (Lipinski definition) is 3. The van der Waals surface area contributed by atoms with E-state index in [-0.39, 0.29) is 5.91 Å². The van der Waals surface area contributed by atoms with E-state index in [0.717, 1.165) is 16.7 Å². The van der Waals surface area contributed by atoms with Crippen LogP contribution in [-0.2, 0) is 4.79 Å². The van der Waals surface area contributed by atoms with Gasteiger partial charge in [-0.15, -0.1) is 0 Å². The van der Waals surface area contributed by atoms with Crippen molar-refractivity contribution >= 4 is 17.0 Å². The topological polar surface area (TPSA) is 55.1 Å². The molecule has 0 unspecified atom stereocenters. The summed E-state index contributed by atoms with van der Waals surface area (Å²) in [6, 6.07) is 5.53. The Labute approximate surface area is 92.7 Å². The van der Waals surface area contributed by atoms with E-state index in [1.807, 2.05) is 18.2 Å². The molecule has 0 aliphatic heterocycles. The van der Waals surface area contributed by atoms with Gasteiger partial charge in [0, 0.05) is 12.5 Å². The van der Waals surface area contributed by atoms with Gasteiger partial charge in [0.25, 0.3) is 0 Å². The van der Waals surface area contributed by atoms with Crippen molar-refractivity contribution in [2.24, 2.45) is 0 Å². The minimum absolute atomic E-state index is 0.0822. The summed E-state index contributed by atoms with van der Waals surface area (Å²) in [5.41, 5.74) is 2.38. The number of fused-ring (bicyclic) bond motifs is 1. The molecule has 16 heavy (non-hydrogen) atoms. The van der Waals surface area contributed by atoms with Crippen molar-refractivity contribution in [3.8, 4) is 11.8 Å². The van der Waals surface area contributed by atoms with Crippen molar-refractivity contribution < 1.29 is 9.21 Å². The van der Waals surface area contributed by atoms with Crippen molar-refractivity contribution in [2.45, 2.75) is 6.92 Å². The highest BCUT2D eigenvalue weighted by Gasteiger charge is 1.97. The second kappa shape index (κ2) is 4.49. The number of rotatable bonds is 1. The van der Waals surface area contributed by atoms with Crippen LogP contribution in [0.1, 0.15) is 12.5 Å². The summed E-state index contributed by atoms with van der Waals surface area (Å²) in [4.78, 5) is 14.6. The van der Waals surface area contributed by atoms with Crippen molar-refractivity contribution in [3.05, 3.63) is 30.2 Å². The van der Waals surface area contributed by atoms with E-state index in [1.54, 1.807) is 0 Å². The van der Waals surface area contributed by atoms with Gasteiger partial charge in [0.15, 0.2) is 12.0 Å². The van der Waals surface area contributed by atoms with E-state index in [0.29, 0.717) is 6.54 Å². The fourth-order valence-electron chi connectivity index (χ4n) is 1.25. The molecule has 1 aromatic carbocycles. The summed E-state index contributed by atoms with van der Waals surface area (Å²) in [7, 11) is 0. The highest BCUT2D eigenvalue weighted by molar-refractivity contribution is 5.74. The molecule has 0 atom stereocenters. The van der Waals surface area contributed by atoms with Crippen molar-refractivity contribution in [1.82, 2.24) is 10.3 Å². The Morgan fingerprint density at radius 1 is 1.56 bits per heavy atom. The highest BCUT2D eigenvalue weighted by atomic mass is 16.3. The predicted molar refractivity (Wildman–Crippen MR) is 59.6 cm³/mol. The maximum Gasteiger partial charge on any atom is 0.217 e. The van der Waals surface area contributed by atoms with Gasteiger partial charge < -0.3 is 9.73 Å².